The molecule has 0 unspecified atom stereocenters. The minimum atomic E-state index is -0.312. The molecule has 156 valence electrons. The summed E-state index contributed by atoms with van der Waals surface area (Å²) in [5.74, 6) is 0.405. The summed E-state index contributed by atoms with van der Waals surface area (Å²) in [6, 6.07) is 18.9. The largest absolute Gasteiger partial charge is 0.497 e. The highest BCUT2D eigenvalue weighted by Gasteiger charge is 2.17. The summed E-state index contributed by atoms with van der Waals surface area (Å²) in [5.41, 5.74) is 2.24. The third-order valence-electron chi connectivity index (χ3n) is 5.41. The molecule has 30 heavy (non-hydrogen) atoms. The quantitative estimate of drug-likeness (QED) is 0.598. The van der Waals surface area contributed by atoms with Gasteiger partial charge >= 0.3 is 0 Å². The number of carbonyl (C=O) groups is 2. The van der Waals surface area contributed by atoms with Crippen LogP contribution in [0.2, 0.25) is 0 Å². The maximum atomic E-state index is 12.8. The fourth-order valence-corrected chi connectivity index (χ4v) is 3.43. The molecule has 3 aromatic carbocycles. The Labute approximate surface area is 177 Å². The lowest BCUT2D eigenvalue weighted by Crippen LogP contribution is -2.30. The van der Waals surface area contributed by atoms with Crippen molar-refractivity contribution in [3.05, 3.63) is 71.8 Å². The van der Waals surface area contributed by atoms with Crippen LogP contribution in [0, 0.1) is 0 Å². The zero-order valence-electron chi connectivity index (χ0n) is 17.9. The van der Waals surface area contributed by atoms with Gasteiger partial charge in [-0.1, -0.05) is 24.3 Å². The van der Waals surface area contributed by atoms with Crippen LogP contribution in [-0.2, 0) is 4.79 Å². The average Bonchev–Trinajstić information content (AvgIpc) is 2.79. The molecule has 0 spiro atoms. The lowest BCUT2D eigenvalue weighted by molar-refractivity contribution is -0.117. The summed E-state index contributed by atoms with van der Waals surface area (Å²) in [5, 5.41) is 5.08. The van der Waals surface area contributed by atoms with Gasteiger partial charge in [-0.2, -0.15) is 0 Å². The first kappa shape index (κ1) is 21.4. The number of benzene rings is 3. The van der Waals surface area contributed by atoms with Gasteiger partial charge in [-0.25, -0.2) is 0 Å². The van der Waals surface area contributed by atoms with Crippen LogP contribution in [0.25, 0.3) is 10.8 Å². The van der Waals surface area contributed by atoms with Crippen molar-refractivity contribution in [2.45, 2.75) is 26.7 Å². The Morgan fingerprint density at radius 1 is 0.933 bits per heavy atom. The van der Waals surface area contributed by atoms with Crippen molar-refractivity contribution in [2.24, 2.45) is 0 Å². The number of rotatable bonds is 7. The number of methoxy groups -OCH3 is 1. The van der Waals surface area contributed by atoms with Gasteiger partial charge in [0.1, 0.15) is 5.75 Å². The fourth-order valence-electron chi connectivity index (χ4n) is 3.43. The first-order valence-corrected chi connectivity index (χ1v) is 10.2. The van der Waals surface area contributed by atoms with Crippen LogP contribution in [0.4, 0.5) is 5.69 Å². The van der Waals surface area contributed by atoms with Crippen molar-refractivity contribution in [1.82, 2.24) is 4.90 Å². The third kappa shape index (κ3) is 4.62. The minimum absolute atomic E-state index is 0.000890. The predicted octanol–water partition coefficient (Wildman–Crippen LogP) is 5.07. The molecule has 5 heteroatoms. The second kappa shape index (κ2) is 9.44. The van der Waals surface area contributed by atoms with E-state index in [1.54, 1.807) is 36.3 Å². The lowest BCUT2D eigenvalue weighted by Gasteiger charge is -2.19. The van der Waals surface area contributed by atoms with E-state index in [-0.39, 0.29) is 17.7 Å². The maximum absolute atomic E-state index is 12.8. The van der Waals surface area contributed by atoms with E-state index in [1.807, 2.05) is 57.2 Å². The van der Waals surface area contributed by atoms with Crippen LogP contribution in [0.15, 0.2) is 60.7 Å². The molecule has 1 atom stereocenters. The molecule has 3 rings (SSSR count). The Morgan fingerprint density at radius 2 is 1.57 bits per heavy atom. The number of hydrogen-bond donors (Lipinski definition) is 1. The zero-order chi connectivity index (χ0) is 21.7. The van der Waals surface area contributed by atoms with Crippen molar-refractivity contribution in [3.63, 3.8) is 0 Å². The Kier molecular flexibility index (Phi) is 6.72. The van der Waals surface area contributed by atoms with Gasteiger partial charge in [-0.3, -0.25) is 9.59 Å². The third-order valence-corrected chi connectivity index (χ3v) is 5.41. The molecule has 1 N–H and O–H groups in total. The SMILES string of the molecule is CCN(CC)C(=O)c1ccc(NC(=O)[C@H](C)c2ccc3cc(OC)ccc3c2)cc1. The van der Waals surface area contributed by atoms with Crippen LogP contribution >= 0.6 is 0 Å². The van der Waals surface area contributed by atoms with E-state index in [2.05, 4.69) is 5.32 Å². The molecule has 5 nitrogen and oxygen atoms in total. The summed E-state index contributed by atoms with van der Waals surface area (Å²) >= 11 is 0. The average molecular weight is 405 g/mol. The molecule has 0 aliphatic carbocycles. The molecule has 0 aromatic heterocycles. The highest BCUT2D eigenvalue weighted by Crippen LogP contribution is 2.26. The Balaban J connectivity index is 1.71. The van der Waals surface area contributed by atoms with Gasteiger partial charge in [0, 0.05) is 24.3 Å². The van der Waals surface area contributed by atoms with Crippen molar-refractivity contribution >= 4 is 28.3 Å². The summed E-state index contributed by atoms with van der Waals surface area (Å²) in [7, 11) is 1.65. The highest BCUT2D eigenvalue weighted by molar-refractivity contribution is 5.98. The smallest absolute Gasteiger partial charge is 0.253 e. The van der Waals surface area contributed by atoms with E-state index in [1.165, 1.54) is 0 Å². The van der Waals surface area contributed by atoms with Gasteiger partial charge in [0.15, 0.2) is 0 Å². The van der Waals surface area contributed by atoms with E-state index in [9.17, 15) is 9.59 Å². The normalized spacial score (nSPS) is 11.7. The number of nitrogens with one attached hydrogen (secondary N) is 1. The van der Waals surface area contributed by atoms with Gasteiger partial charge in [0.2, 0.25) is 5.91 Å². The number of anilines is 1. The second-order valence-electron chi connectivity index (χ2n) is 7.24. The first-order valence-electron chi connectivity index (χ1n) is 10.2. The zero-order valence-corrected chi connectivity index (χ0v) is 17.9. The molecule has 0 radical (unpaired) electrons. The number of fused-ring (bicyclic) bond motifs is 1. The van der Waals surface area contributed by atoms with Crippen LogP contribution in [-0.4, -0.2) is 36.9 Å². The molecule has 0 bridgehead atoms. The van der Waals surface area contributed by atoms with Crippen molar-refractivity contribution in [2.75, 3.05) is 25.5 Å². The van der Waals surface area contributed by atoms with Crippen LogP contribution in [0.1, 0.15) is 42.6 Å². The van der Waals surface area contributed by atoms with E-state index in [4.69, 9.17) is 4.74 Å². The number of carbonyl (C=O) groups excluding carboxylic acids is 2. The maximum Gasteiger partial charge on any atom is 0.253 e. The predicted molar refractivity (Wildman–Crippen MR) is 121 cm³/mol. The Hall–Kier alpha value is -3.34. The van der Waals surface area contributed by atoms with Crippen molar-refractivity contribution in [3.8, 4) is 5.75 Å². The summed E-state index contributed by atoms with van der Waals surface area (Å²) in [4.78, 5) is 26.9. The minimum Gasteiger partial charge on any atom is -0.497 e. The van der Waals surface area contributed by atoms with Gasteiger partial charge in [-0.15, -0.1) is 0 Å². The lowest BCUT2D eigenvalue weighted by atomic mass is 9.97. The second-order valence-corrected chi connectivity index (χ2v) is 7.24. The molecule has 0 heterocycles. The molecular weight excluding hydrogens is 376 g/mol. The molecule has 0 fully saturated rings. The van der Waals surface area contributed by atoms with Gasteiger partial charge < -0.3 is 15.0 Å². The van der Waals surface area contributed by atoms with Crippen molar-refractivity contribution < 1.29 is 14.3 Å². The van der Waals surface area contributed by atoms with E-state index < -0.39 is 0 Å². The van der Waals surface area contributed by atoms with Crippen LogP contribution in [0.3, 0.4) is 0 Å². The van der Waals surface area contributed by atoms with Crippen LogP contribution < -0.4 is 10.1 Å². The topological polar surface area (TPSA) is 58.6 Å². The number of nitrogens with zero attached hydrogens (tertiary/aromatic N) is 1. The van der Waals surface area contributed by atoms with E-state index in [0.29, 0.717) is 24.3 Å². The number of hydrogen-bond acceptors (Lipinski definition) is 3. The molecular formula is C25H28N2O3. The number of ether oxygens (including phenoxy) is 1. The Bertz CT molecular complexity index is 1040. The van der Waals surface area contributed by atoms with E-state index >= 15 is 0 Å². The summed E-state index contributed by atoms with van der Waals surface area (Å²) in [6.45, 7) is 7.15. The summed E-state index contributed by atoms with van der Waals surface area (Å²) < 4.78 is 5.27. The molecule has 0 saturated heterocycles. The van der Waals surface area contributed by atoms with E-state index in [0.717, 1.165) is 22.1 Å². The summed E-state index contributed by atoms with van der Waals surface area (Å²) in [6.07, 6.45) is 0. The highest BCUT2D eigenvalue weighted by atomic mass is 16.5. The van der Waals surface area contributed by atoms with Crippen LogP contribution in [0.5, 0.6) is 5.75 Å². The number of amides is 2. The van der Waals surface area contributed by atoms with Gasteiger partial charge in [0.25, 0.3) is 5.91 Å². The first-order chi connectivity index (χ1) is 14.5. The van der Waals surface area contributed by atoms with Gasteiger partial charge in [0.05, 0.1) is 13.0 Å². The molecule has 2 amide bonds. The van der Waals surface area contributed by atoms with Crippen molar-refractivity contribution in [1.29, 1.82) is 0 Å². The molecule has 0 aliphatic rings. The fraction of sp³-hybridized carbons (Fsp3) is 0.280. The molecule has 0 aliphatic heterocycles. The standard InChI is InChI=1S/C25H28N2O3/c1-5-27(6-2)25(29)18-9-12-22(13-10-18)26-24(28)17(3)19-7-8-21-16-23(30-4)14-11-20(21)15-19/h7-17H,5-6H2,1-4H3,(H,26,28)/t17-/m1/s1. The van der Waals surface area contributed by atoms with Gasteiger partial charge in [-0.05, 0) is 73.5 Å². The molecule has 3 aromatic rings. The molecule has 0 saturated carbocycles. The monoisotopic (exact) mass is 404 g/mol. The Morgan fingerprint density at radius 3 is 2.20 bits per heavy atom.